The highest BCUT2D eigenvalue weighted by molar-refractivity contribution is 7.91. The Balaban J connectivity index is 1.66. The van der Waals surface area contributed by atoms with Gasteiger partial charge in [-0.1, -0.05) is 19.8 Å². The van der Waals surface area contributed by atoms with Gasteiger partial charge in [0.05, 0.1) is 12.4 Å². The van der Waals surface area contributed by atoms with Crippen LogP contribution in [0.25, 0.3) is 0 Å². The Bertz CT molecular complexity index is 871. The maximum absolute atomic E-state index is 13.0. The van der Waals surface area contributed by atoms with E-state index in [1.165, 1.54) is 12.8 Å². The number of ether oxygens (including phenoxy) is 1. The van der Waals surface area contributed by atoms with Gasteiger partial charge in [-0.3, -0.25) is 4.79 Å². The van der Waals surface area contributed by atoms with Gasteiger partial charge in [0.1, 0.15) is 5.56 Å². The van der Waals surface area contributed by atoms with Gasteiger partial charge >= 0.3 is 0 Å². The lowest BCUT2D eigenvalue weighted by molar-refractivity contribution is 0.0474. The number of hydrogen-bond acceptors (Lipinski definition) is 5. The zero-order chi connectivity index (χ0) is 21.9. The molecule has 2 fully saturated rings. The average Bonchev–Trinajstić information content (AvgIpc) is 3.41. The number of carbonyl (C=O) groups excluding carboxylic acids is 1. The summed E-state index contributed by atoms with van der Waals surface area (Å²) in [5.74, 6) is 1.75. The Kier molecular flexibility index (Phi) is 7.10. The molecule has 0 bridgehead atoms. The first kappa shape index (κ1) is 23.0. The summed E-state index contributed by atoms with van der Waals surface area (Å²) in [4.78, 5) is 17.4. The molecular formula is C23H36N2O4S. The molecule has 0 spiro atoms. The van der Waals surface area contributed by atoms with Gasteiger partial charge in [0.15, 0.2) is 9.84 Å². The van der Waals surface area contributed by atoms with Gasteiger partial charge in [-0.15, -0.1) is 0 Å². The van der Waals surface area contributed by atoms with Crippen LogP contribution >= 0.6 is 0 Å². The molecule has 0 aromatic carbocycles. The number of nitrogens with one attached hydrogen (secondary N) is 1. The summed E-state index contributed by atoms with van der Waals surface area (Å²) in [5.41, 5.74) is 2.22. The zero-order valence-corrected chi connectivity index (χ0v) is 19.6. The van der Waals surface area contributed by atoms with Gasteiger partial charge in [0.2, 0.25) is 5.88 Å². The number of sulfone groups is 1. The van der Waals surface area contributed by atoms with E-state index < -0.39 is 9.84 Å². The third-order valence-electron chi connectivity index (χ3n) is 6.31. The number of aromatic nitrogens is 1. The number of hydrogen-bond donors (Lipinski definition) is 1. The molecule has 2 aliphatic rings. The zero-order valence-electron chi connectivity index (χ0n) is 18.8. The lowest BCUT2D eigenvalue weighted by Gasteiger charge is -2.48. The van der Waals surface area contributed by atoms with E-state index in [2.05, 4.69) is 10.3 Å². The van der Waals surface area contributed by atoms with Crippen LogP contribution < -0.4 is 10.1 Å². The highest BCUT2D eigenvalue weighted by atomic mass is 32.2. The summed E-state index contributed by atoms with van der Waals surface area (Å²) in [5, 5.41) is 3.13. The maximum atomic E-state index is 13.0. The van der Waals surface area contributed by atoms with Crippen molar-refractivity contribution in [3.63, 3.8) is 0 Å². The number of pyridine rings is 1. The molecule has 1 amide bonds. The van der Waals surface area contributed by atoms with Crippen LogP contribution in [0.5, 0.6) is 5.88 Å². The number of amides is 1. The number of nitrogens with zero attached hydrogens (tertiary/aromatic N) is 1. The molecule has 0 radical (unpaired) electrons. The van der Waals surface area contributed by atoms with Crippen LogP contribution in [-0.2, 0) is 9.84 Å². The molecule has 3 rings (SSSR count). The summed E-state index contributed by atoms with van der Waals surface area (Å²) in [7, 11) is -2.96. The lowest BCUT2D eigenvalue weighted by Crippen LogP contribution is -2.48. The molecule has 6 nitrogen and oxygen atoms in total. The molecule has 1 aromatic heterocycles. The van der Waals surface area contributed by atoms with Crippen LogP contribution in [0, 0.1) is 31.1 Å². The molecule has 30 heavy (non-hydrogen) atoms. The third-order valence-corrected chi connectivity index (χ3v) is 8.32. The van der Waals surface area contributed by atoms with E-state index in [4.69, 9.17) is 4.74 Å². The summed E-state index contributed by atoms with van der Waals surface area (Å²) in [6.07, 6.45) is 6.03. The molecule has 0 saturated heterocycles. The molecule has 1 heterocycles. The third kappa shape index (κ3) is 5.74. The average molecular weight is 437 g/mol. The standard InChI is InChI=1S/C23H36N2O4S/c1-5-9-30(27,28)14-19-12-23(13-19,11-18-7-8-18)15-24-21(26)20-16(3)10-17(4)25-22(20)29-6-2/h10,18-19H,5-9,11-15H2,1-4H3,(H,24,26)/t19-,23-. The Hall–Kier alpha value is -1.63. The second-order valence-electron chi connectivity index (χ2n) is 9.41. The molecule has 0 unspecified atom stereocenters. The fourth-order valence-electron chi connectivity index (χ4n) is 5.03. The van der Waals surface area contributed by atoms with Crippen molar-refractivity contribution in [1.29, 1.82) is 0 Å². The smallest absolute Gasteiger partial charge is 0.257 e. The summed E-state index contributed by atoms with van der Waals surface area (Å²) < 4.78 is 30.0. The summed E-state index contributed by atoms with van der Waals surface area (Å²) in [6.45, 7) is 8.63. The van der Waals surface area contributed by atoms with Gasteiger partial charge in [0.25, 0.3) is 5.91 Å². The summed E-state index contributed by atoms with van der Waals surface area (Å²) in [6, 6.07) is 1.90. The largest absolute Gasteiger partial charge is 0.477 e. The second kappa shape index (κ2) is 9.25. The van der Waals surface area contributed by atoms with Crippen molar-refractivity contribution in [1.82, 2.24) is 10.3 Å². The monoisotopic (exact) mass is 436 g/mol. The van der Waals surface area contributed by atoms with Crippen LogP contribution in [0.15, 0.2) is 6.07 Å². The van der Waals surface area contributed by atoms with Crippen molar-refractivity contribution >= 4 is 15.7 Å². The fourth-order valence-corrected chi connectivity index (χ4v) is 6.77. The topological polar surface area (TPSA) is 85.4 Å². The Morgan fingerprint density at radius 1 is 1.23 bits per heavy atom. The van der Waals surface area contributed by atoms with Crippen molar-refractivity contribution in [3.05, 3.63) is 22.9 Å². The molecular weight excluding hydrogens is 400 g/mol. The van der Waals surface area contributed by atoms with Crippen LogP contribution in [0.4, 0.5) is 0 Å². The maximum Gasteiger partial charge on any atom is 0.257 e. The second-order valence-corrected chi connectivity index (χ2v) is 11.6. The van der Waals surface area contributed by atoms with Crippen LogP contribution in [0.1, 0.15) is 74.0 Å². The van der Waals surface area contributed by atoms with Gasteiger partial charge in [0, 0.05) is 18.0 Å². The number of carbonyl (C=O) groups is 1. The van der Waals surface area contributed by atoms with Crippen molar-refractivity contribution < 1.29 is 17.9 Å². The van der Waals surface area contributed by atoms with Gasteiger partial charge in [-0.2, -0.15) is 0 Å². The van der Waals surface area contributed by atoms with E-state index in [1.54, 1.807) is 0 Å². The van der Waals surface area contributed by atoms with Crippen molar-refractivity contribution in [2.45, 2.75) is 66.2 Å². The van der Waals surface area contributed by atoms with E-state index in [0.29, 0.717) is 31.0 Å². The van der Waals surface area contributed by atoms with Crippen molar-refractivity contribution in [2.75, 3.05) is 24.7 Å². The first-order valence-corrected chi connectivity index (χ1v) is 13.1. The minimum absolute atomic E-state index is 0.0288. The van der Waals surface area contributed by atoms with E-state index in [0.717, 1.165) is 36.4 Å². The van der Waals surface area contributed by atoms with Crippen LogP contribution in [0.2, 0.25) is 0 Å². The van der Waals surface area contributed by atoms with Gasteiger partial charge < -0.3 is 10.1 Å². The lowest BCUT2D eigenvalue weighted by atomic mass is 9.60. The molecule has 2 saturated carbocycles. The number of rotatable bonds is 11. The van der Waals surface area contributed by atoms with Crippen LogP contribution in [0.3, 0.4) is 0 Å². The normalized spacial score (nSPS) is 23.7. The van der Waals surface area contributed by atoms with Crippen molar-refractivity contribution in [3.8, 4) is 5.88 Å². The minimum Gasteiger partial charge on any atom is -0.477 e. The quantitative estimate of drug-likeness (QED) is 0.569. The fraction of sp³-hybridized carbons (Fsp3) is 0.739. The minimum atomic E-state index is -2.96. The molecule has 0 atom stereocenters. The predicted octanol–water partition coefficient (Wildman–Crippen LogP) is 3.85. The van der Waals surface area contributed by atoms with E-state index in [9.17, 15) is 13.2 Å². The van der Waals surface area contributed by atoms with Gasteiger partial charge in [-0.05, 0) is 75.3 Å². The van der Waals surface area contributed by atoms with E-state index in [1.807, 2.05) is 33.8 Å². The molecule has 1 aromatic rings. The Morgan fingerprint density at radius 2 is 1.93 bits per heavy atom. The Labute approximate surface area is 181 Å². The highest BCUT2D eigenvalue weighted by Crippen LogP contribution is 2.54. The molecule has 168 valence electrons. The Morgan fingerprint density at radius 3 is 2.53 bits per heavy atom. The molecule has 1 N–H and O–H groups in total. The SMILES string of the molecule is CCCS(=O)(=O)C[C@H]1C[C@@](CNC(=O)c2c(C)cc(C)nc2OCC)(CC2CC2)C1. The van der Waals surface area contributed by atoms with Gasteiger partial charge in [-0.25, -0.2) is 13.4 Å². The predicted molar refractivity (Wildman–Crippen MR) is 119 cm³/mol. The highest BCUT2D eigenvalue weighted by Gasteiger charge is 2.48. The summed E-state index contributed by atoms with van der Waals surface area (Å²) >= 11 is 0. The van der Waals surface area contributed by atoms with Crippen molar-refractivity contribution in [2.24, 2.45) is 17.3 Å². The number of aryl methyl sites for hydroxylation is 2. The first-order valence-electron chi connectivity index (χ1n) is 11.3. The molecule has 0 aliphatic heterocycles. The molecule has 7 heteroatoms. The first-order chi connectivity index (χ1) is 14.2. The molecule has 2 aliphatic carbocycles. The van der Waals surface area contributed by atoms with Crippen LogP contribution in [-0.4, -0.2) is 44.0 Å². The van der Waals surface area contributed by atoms with E-state index in [-0.39, 0.29) is 28.7 Å². The van der Waals surface area contributed by atoms with E-state index >= 15 is 0 Å².